The highest BCUT2D eigenvalue weighted by Gasteiger charge is 2.27. The van der Waals surface area contributed by atoms with Gasteiger partial charge in [0.25, 0.3) is 0 Å². The van der Waals surface area contributed by atoms with E-state index in [0.29, 0.717) is 60.5 Å². The van der Waals surface area contributed by atoms with Gasteiger partial charge in [-0.25, -0.2) is 23.2 Å². The maximum Gasteiger partial charge on any atom is 0.407 e. The summed E-state index contributed by atoms with van der Waals surface area (Å²) in [6.45, 7) is 8.55. The van der Waals surface area contributed by atoms with E-state index in [1.54, 1.807) is 18.5 Å². The topological polar surface area (TPSA) is 181 Å². The first-order valence-electron chi connectivity index (χ1n) is 15.3. The molecule has 0 radical (unpaired) electrons. The third-order valence-corrected chi connectivity index (χ3v) is 8.41. The van der Waals surface area contributed by atoms with Gasteiger partial charge in [-0.05, 0) is 52.5 Å². The van der Waals surface area contributed by atoms with E-state index < -0.39 is 21.7 Å². The summed E-state index contributed by atoms with van der Waals surface area (Å²) in [4.78, 5) is 33.1. The van der Waals surface area contributed by atoms with Crippen LogP contribution in [0.25, 0.3) is 10.9 Å². The largest absolute Gasteiger partial charge is 0.488 e. The molecule has 15 nitrogen and oxygen atoms in total. The Hall–Kier alpha value is -4.18. The molecule has 1 aliphatic heterocycles. The summed E-state index contributed by atoms with van der Waals surface area (Å²) in [6, 6.07) is 3.75. The van der Waals surface area contributed by atoms with Crippen molar-refractivity contribution in [3.8, 4) is 11.6 Å². The Morgan fingerprint density at radius 2 is 1.78 bits per heavy atom. The molecule has 2 fully saturated rings. The quantitative estimate of drug-likeness (QED) is 0.272. The molecule has 3 N–H and O–H groups in total. The number of amides is 1. The van der Waals surface area contributed by atoms with Crippen LogP contribution >= 0.6 is 0 Å². The summed E-state index contributed by atoms with van der Waals surface area (Å²) in [7, 11) is -3.48. The summed E-state index contributed by atoms with van der Waals surface area (Å²) in [6.07, 6.45) is 7.85. The zero-order chi connectivity index (χ0) is 32.9. The summed E-state index contributed by atoms with van der Waals surface area (Å²) in [5, 5.41) is 13.5. The number of hydrogen-bond acceptors (Lipinski definition) is 12. The number of carboxylic acid groups (broad SMARTS) is 1. The van der Waals surface area contributed by atoms with Crippen LogP contribution in [0.3, 0.4) is 0 Å². The van der Waals surface area contributed by atoms with Gasteiger partial charge in [0.05, 0.1) is 61.2 Å². The summed E-state index contributed by atoms with van der Waals surface area (Å²) in [5.41, 5.74) is 0.482. The maximum absolute atomic E-state index is 11.8. The number of nitrogens with one attached hydrogen (secondary N) is 2. The number of fused-ring (bicyclic) bond motifs is 1. The Labute approximate surface area is 268 Å². The molecular weight excluding hydrogens is 616 g/mol. The van der Waals surface area contributed by atoms with E-state index >= 15 is 0 Å². The Morgan fingerprint density at radius 1 is 1.09 bits per heavy atom. The monoisotopic (exact) mass is 658 g/mol. The number of pyridine rings is 2. The van der Waals surface area contributed by atoms with Gasteiger partial charge >= 0.3 is 6.09 Å². The van der Waals surface area contributed by atoms with E-state index in [4.69, 9.17) is 19.2 Å². The van der Waals surface area contributed by atoms with Gasteiger partial charge in [0, 0.05) is 30.7 Å². The lowest BCUT2D eigenvalue weighted by Crippen LogP contribution is -2.46. The fourth-order valence-electron chi connectivity index (χ4n) is 5.50. The maximum atomic E-state index is 11.8. The lowest BCUT2D eigenvalue weighted by atomic mass is 9.93. The predicted molar refractivity (Wildman–Crippen MR) is 173 cm³/mol. The molecule has 0 unspecified atom stereocenters. The number of morpholine rings is 1. The minimum atomic E-state index is -3.48. The molecule has 0 spiro atoms. The molecule has 4 heterocycles. The SMILES string of the molecule is CC(C)(C)N(CCOc1cnc(NC2CCC(Oc3nc(N4CCOCC4)cc4ncc(NS(C)(=O)=O)cc34)CC2)nc1)C(=O)O. The molecule has 46 heavy (non-hydrogen) atoms. The van der Waals surface area contributed by atoms with Crippen molar-refractivity contribution in [1.29, 1.82) is 0 Å². The third-order valence-electron chi connectivity index (χ3n) is 7.81. The van der Waals surface area contributed by atoms with Gasteiger partial charge in [-0.1, -0.05) is 0 Å². The van der Waals surface area contributed by atoms with E-state index in [2.05, 4.69) is 29.9 Å². The highest BCUT2D eigenvalue weighted by Crippen LogP contribution is 2.33. The molecule has 0 aromatic carbocycles. The number of ether oxygens (including phenoxy) is 3. The van der Waals surface area contributed by atoms with Gasteiger partial charge in [0.1, 0.15) is 18.5 Å². The van der Waals surface area contributed by atoms with Gasteiger partial charge in [0.15, 0.2) is 5.75 Å². The fraction of sp³-hybridized carbons (Fsp3) is 0.567. The van der Waals surface area contributed by atoms with E-state index in [0.717, 1.165) is 37.8 Å². The molecule has 3 aromatic heterocycles. The second-order valence-electron chi connectivity index (χ2n) is 12.5. The van der Waals surface area contributed by atoms with Crippen molar-refractivity contribution in [1.82, 2.24) is 24.8 Å². The van der Waals surface area contributed by atoms with Gasteiger partial charge in [0.2, 0.25) is 21.9 Å². The molecule has 1 aliphatic carbocycles. The van der Waals surface area contributed by atoms with Gasteiger partial charge in [-0.3, -0.25) is 9.71 Å². The smallest absolute Gasteiger partial charge is 0.407 e. The molecule has 1 saturated carbocycles. The molecule has 250 valence electrons. The molecule has 5 rings (SSSR count). The van der Waals surface area contributed by atoms with Crippen LogP contribution < -0.4 is 24.4 Å². The summed E-state index contributed by atoms with van der Waals surface area (Å²) >= 11 is 0. The molecule has 0 bridgehead atoms. The molecule has 2 aliphatic rings. The number of aromatic nitrogens is 4. The molecule has 1 amide bonds. The number of carbonyl (C=O) groups is 1. The zero-order valence-electron chi connectivity index (χ0n) is 26.6. The first-order valence-corrected chi connectivity index (χ1v) is 17.2. The van der Waals surface area contributed by atoms with Gasteiger partial charge in [-0.15, -0.1) is 0 Å². The van der Waals surface area contributed by atoms with Crippen molar-refractivity contribution in [3.63, 3.8) is 0 Å². The first-order chi connectivity index (χ1) is 21.8. The van der Waals surface area contributed by atoms with Crippen LogP contribution in [-0.4, -0.2) is 108 Å². The normalized spacial score (nSPS) is 19.0. The Morgan fingerprint density at radius 3 is 2.41 bits per heavy atom. The third kappa shape index (κ3) is 8.96. The summed E-state index contributed by atoms with van der Waals surface area (Å²) < 4.78 is 43.8. The first kappa shape index (κ1) is 33.2. The second kappa shape index (κ2) is 14.1. The Kier molecular flexibility index (Phi) is 10.2. The summed E-state index contributed by atoms with van der Waals surface area (Å²) in [5.74, 6) is 2.12. The number of anilines is 3. The van der Waals surface area contributed by atoms with E-state index in [9.17, 15) is 18.3 Å². The van der Waals surface area contributed by atoms with Crippen LogP contribution in [0.4, 0.5) is 22.2 Å². The predicted octanol–water partition coefficient (Wildman–Crippen LogP) is 3.59. The average Bonchev–Trinajstić information content (AvgIpc) is 3.00. The van der Waals surface area contributed by atoms with Crippen LogP contribution in [0.5, 0.6) is 11.6 Å². The minimum Gasteiger partial charge on any atom is -0.488 e. The molecular formula is C30H42N8O7S. The van der Waals surface area contributed by atoms with E-state index in [-0.39, 0.29) is 25.3 Å². The zero-order valence-corrected chi connectivity index (χ0v) is 27.4. The number of rotatable bonds is 11. The number of nitrogens with zero attached hydrogens (tertiary/aromatic N) is 6. The van der Waals surface area contributed by atoms with Crippen molar-refractivity contribution < 1.29 is 32.5 Å². The standard InChI is InChI=1S/C30H42N8O7S/c1-30(2,3)38(29(39)40)11-14-44-23-18-32-28(33-19-23)34-20-5-7-22(8-6-20)45-27-24-15-21(36-46(4,41)42)17-31-25(24)16-26(35-27)37-9-12-43-13-10-37/h15-20,22,36H,5-14H2,1-4H3,(H,39,40)(H,32,33,34). The van der Waals surface area contributed by atoms with E-state index in [1.807, 2.05) is 26.8 Å². The second-order valence-corrected chi connectivity index (χ2v) is 14.2. The average molecular weight is 659 g/mol. The minimum absolute atomic E-state index is 0.0876. The molecule has 0 atom stereocenters. The van der Waals surface area contributed by atoms with E-state index in [1.165, 1.54) is 11.1 Å². The highest BCUT2D eigenvalue weighted by atomic mass is 32.2. The van der Waals surface area contributed by atoms with Crippen LogP contribution in [0.15, 0.2) is 30.7 Å². The van der Waals surface area contributed by atoms with Crippen molar-refractivity contribution in [2.24, 2.45) is 0 Å². The van der Waals surface area contributed by atoms with Crippen LogP contribution in [-0.2, 0) is 14.8 Å². The van der Waals surface area contributed by atoms with Crippen molar-refractivity contribution >= 4 is 44.5 Å². The lowest BCUT2D eigenvalue weighted by Gasteiger charge is -2.32. The van der Waals surface area contributed by atoms with Crippen LogP contribution in [0.1, 0.15) is 46.5 Å². The lowest BCUT2D eigenvalue weighted by molar-refractivity contribution is 0.0891. The number of sulfonamides is 1. The molecule has 1 saturated heterocycles. The van der Waals surface area contributed by atoms with Gasteiger partial charge in [-0.2, -0.15) is 4.98 Å². The number of hydrogen-bond donors (Lipinski definition) is 3. The molecule has 16 heteroatoms. The molecule has 3 aromatic rings. The Balaban J connectivity index is 1.19. The van der Waals surface area contributed by atoms with Gasteiger partial charge < -0.3 is 34.4 Å². The van der Waals surface area contributed by atoms with Crippen molar-refractivity contribution in [2.75, 3.05) is 60.6 Å². The van der Waals surface area contributed by atoms with Crippen LogP contribution in [0.2, 0.25) is 0 Å². The van der Waals surface area contributed by atoms with Crippen molar-refractivity contribution in [2.45, 2.75) is 64.1 Å². The highest BCUT2D eigenvalue weighted by molar-refractivity contribution is 7.92. The Bertz CT molecular complexity index is 1600. The van der Waals surface area contributed by atoms with Crippen molar-refractivity contribution in [3.05, 3.63) is 30.7 Å². The van der Waals surface area contributed by atoms with Crippen LogP contribution in [0, 0.1) is 0 Å². The fourth-order valence-corrected chi connectivity index (χ4v) is 6.04.